The largest absolute Gasteiger partial charge is 0.390 e. The van der Waals surface area contributed by atoms with Crippen molar-refractivity contribution in [3.8, 4) is 11.5 Å². The molecular formula is C10H9FN2O2. The summed E-state index contributed by atoms with van der Waals surface area (Å²) in [6.45, 7) is 1.58. The van der Waals surface area contributed by atoms with E-state index in [0.29, 0.717) is 17.1 Å². The maximum atomic E-state index is 12.6. The number of nitrogens with zero attached hydrogens (tertiary/aromatic N) is 2. The Hall–Kier alpha value is -1.75. The molecule has 0 fully saturated rings. The molecule has 0 aliphatic heterocycles. The van der Waals surface area contributed by atoms with Gasteiger partial charge in [0.2, 0.25) is 0 Å². The normalized spacial score (nSPS) is 10.6. The average Bonchev–Trinajstić information content (AvgIpc) is 2.61. The first-order valence-corrected chi connectivity index (χ1v) is 4.40. The molecule has 5 heteroatoms. The van der Waals surface area contributed by atoms with E-state index in [1.807, 2.05) is 0 Å². The predicted octanol–water partition coefficient (Wildman–Crippen LogP) is 1.68. The monoisotopic (exact) mass is 208 g/mol. The van der Waals surface area contributed by atoms with Gasteiger partial charge < -0.3 is 9.63 Å². The van der Waals surface area contributed by atoms with Gasteiger partial charge in [0.05, 0.1) is 12.8 Å². The molecular weight excluding hydrogens is 199 g/mol. The Morgan fingerprint density at radius 3 is 2.80 bits per heavy atom. The van der Waals surface area contributed by atoms with Crippen molar-refractivity contribution in [1.82, 2.24) is 10.1 Å². The van der Waals surface area contributed by atoms with Crippen LogP contribution in [0.5, 0.6) is 0 Å². The molecule has 0 bridgehead atoms. The molecule has 0 unspecified atom stereocenters. The maximum absolute atomic E-state index is 12.6. The summed E-state index contributed by atoms with van der Waals surface area (Å²) in [6.07, 6.45) is 1.11. The van der Waals surface area contributed by atoms with Crippen LogP contribution in [0.3, 0.4) is 0 Å². The zero-order chi connectivity index (χ0) is 10.8. The molecule has 0 amide bonds. The first kappa shape index (κ1) is 9.79. The van der Waals surface area contributed by atoms with E-state index >= 15 is 0 Å². The lowest BCUT2D eigenvalue weighted by atomic mass is 10.1. The number of hydrogen-bond donors (Lipinski definition) is 1. The van der Waals surface area contributed by atoms with Gasteiger partial charge in [0.1, 0.15) is 17.2 Å². The molecule has 1 N–H and O–H groups in total. The summed E-state index contributed by atoms with van der Waals surface area (Å²) < 4.78 is 17.6. The second kappa shape index (κ2) is 3.78. The summed E-state index contributed by atoms with van der Waals surface area (Å²) in [4.78, 5) is 3.87. The quantitative estimate of drug-likeness (QED) is 0.815. The van der Waals surface area contributed by atoms with Crippen molar-refractivity contribution in [3.05, 3.63) is 35.4 Å². The van der Waals surface area contributed by atoms with Crippen LogP contribution in [0, 0.1) is 12.7 Å². The molecule has 0 aromatic carbocycles. The summed E-state index contributed by atoms with van der Waals surface area (Å²) in [6, 6.07) is 2.80. The molecule has 2 aromatic heterocycles. The van der Waals surface area contributed by atoms with Crippen LogP contribution in [0.2, 0.25) is 0 Å². The highest BCUT2D eigenvalue weighted by Gasteiger charge is 2.13. The topological polar surface area (TPSA) is 59.2 Å². The standard InChI is InChI=1S/C10H9FN2O2/c1-6-9(5-14)13-15-10(6)8-3-2-7(11)4-12-8/h2-4,14H,5H2,1H3. The predicted molar refractivity (Wildman–Crippen MR) is 50.4 cm³/mol. The van der Waals surface area contributed by atoms with Gasteiger partial charge in [-0.1, -0.05) is 5.16 Å². The summed E-state index contributed by atoms with van der Waals surface area (Å²) in [5.74, 6) is 0.0531. The van der Waals surface area contributed by atoms with Crippen LogP contribution < -0.4 is 0 Å². The Kier molecular flexibility index (Phi) is 2.47. The summed E-state index contributed by atoms with van der Waals surface area (Å²) >= 11 is 0. The number of halogens is 1. The first-order chi connectivity index (χ1) is 7.22. The van der Waals surface area contributed by atoms with Crippen LogP contribution in [0.25, 0.3) is 11.5 Å². The van der Waals surface area contributed by atoms with Crippen molar-refractivity contribution in [2.45, 2.75) is 13.5 Å². The van der Waals surface area contributed by atoms with E-state index < -0.39 is 5.82 Å². The molecule has 4 nitrogen and oxygen atoms in total. The zero-order valence-electron chi connectivity index (χ0n) is 8.07. The van der Waals surface area contributed by atoms with E-state index in [9.17, 15) is 4.39 Å². The minimum atomic E-state index is -0.404. The lowest BCUT2D eigenvalue weighted by molar-refractivity contribution is 0.266. The van der Waals surface area contributed by atoms with Gasteiger partial charge in [0, 0.05) is 5.56 Å². The Morgan fingerprint density at radius 2 is 2.27 bits per heavy atom. The summed E-state index contributed by atoms with van der Waals surface area (Å²) in [7, 11) is 0. The van der Waals surface area contributed by atoms with Crippen molar-refractivity contribution in [2.24, 2.45) is 0 Å². The Bertz CT molecular complexity index is 465. The van der Waals surface area contributed by atoms with E-state index in [1.165, 1.54) is 12.1 Å². The molecule has 0 aliphatic carbocycles. The van der Waals surface area contributed by atoms with Crippen LogP contribution in [0.15, 0.2) is 22.9 Å². The third-order valence-corrected chi connectivity index (χ3v) is 2.13. The summed E-state index contributed by atoms with van der Waals surface area (Å²) in [5.41, 5.74) is 1.69. The van der Waals surface area contributed by atoms with E-state index in [0.717, 1.165) is 11.8 Å². The SMILES string of the molecule is Cc1c(CO)noc1-c1ccc(F)cn1. The molecule has 0 radical (unpaired) electrons. The first-order valence-electron chi connectivity index (χ1n) is 4.40. The molecule has 0 atom stereocenters. The van der Waals surface area contributed by atoms with Gasteiger partial charge in [-0.05, 0) is 19.1 Å². The molecule has 0 aliphatic rings. The van der Waals surface area contributed by atoms with Crippen molar-refractivity contribution in [1.29, 1.82) is 0 Å². The minimum absolute atomic E-state index is 0.184. The van der Waals surface area contributed by atoms with Gasteiger partial charge in [-0.15, -0.1) is 0 Å². The highest BCUT2D eigenvalue weighted by Crippen LogP contribution is 2.23. The van der Waals surface area contributed by atoms with Crippen molar-refractivity contribution < 1.29 is 14.0 Å². The van der Waals surface area contributed by atoms with Gasteiger partial charge in [0.25, 0.3) is 0 Å². The van der Waals surface area contributed by atoms with Crippen LogP contribution in [0.1, 0.15) is 11.3 Å². The number of aliphatic hydroxyl groups excluding tert-OH is 1. The van der Waals surface area contributed by atoms with Gasteiger partial charge in [0.15, 0.2) is 5.76 Å². The van der Waals surface area contributed by atoms with E-state index in [-0.39, 0.29) is 6.61 Å². The number of pyridine rings is 1. The lowest BCUT2D eigenvalue weighted by Crippen LogP contribution is -1.87. The smallest absolute Gasteiger partial charge is 0.188 e. The molecule has 0 spiro atoms. The molecule has 2 heterocycles. The van der Waals surface area contributed by atoms with Crippen LogP contribution in [0.4, 0.5) is 4.39 Å². The molecule has 0 saturated heterocycles. The molecule has 15 heavy (non-hydrogen) atoms. The van der Waals surface area contributed by atoms with Crippen molar-refractivity contribution in [2.75, 3.05) is 0 Å². The number of rotatable bonds is 2. The Balaban J connectivity index is 2.45. The second-order valence-electron chi connectivity index (χ2n) is 3.10. The van der Waals surface area contributed by atoms with Crippen LogP contribution in [-0.4, -0.2) is 15.2 Å². The number of aromatic nitrogens is 2. The third kappa shape index (κ3) is 1.73. The second-order valence-corrected chi connectivity index (χ2v) is 3.10. The highest BCUT2D eigenvalue weighted by molar-refractivity contribution is 5.56. The third-order valence-electron chi connectivity index (χ3n) is 2.13. The maximum Gasteiger partial charge on any atom is 0.188 e. The van der Waals surface area contributed by atoms with Gasteiger partial charge in [-0.3, -0.25) is 0 Å². The Labute approximate surface area is 85.4 Å². The fraction of sp³-hybridized carbons (Fsp3) is 0.200. The summed E-state index contributed by atoms with van der Waals surface area (Å²) in [5, 5.41) is 12.6. The van der Waals surface area contributed by atoms with Gasteiger partial charge in [-0.2, -0.15) is 0 Å². The number of aliphatic hydroxyl groups is 1. The van der Waals surface area contributed by atoms with E-state index in [4.69, 9.17) is 9.63 Å². The molecule has 0 saturated carbocycles. The van der Waals surface area contributed by atoms with Gasteiger partial charge >= 0.3 is 0 Å². The lowest BCUT2D eigenvalue weighted by Gasteiger charge is -1.96. The van der Waals surface area contributed by atoms with E-state index in [1.54, 1.807) is 6.92 Å². The van der Waals surface area contributed by atoms with Crippen molar-refractivity contribution in [3.63, 3.8) is 0 Å². The highest BCUT2D eigenvalue weighted by atomic mass is 19.1. The average molecular weight is 208 g/mol. The van der Waals surface area contributed by atoms with E-state index in [2.05, 4.69) is 10.1 Å². The van der Waals surface area contributed by atoms with Crippen LogP contribution >= 0.6 is 0 Å². The van der Waals surface area contributed by atoms with Crippen LogP contribution in [-0.2, 0) is 6.61 Å². The molecule has 2 aromatic rings. The fourth-order valence-corrected chi connectivity index (χ4v) is 1.27. The fourth-order valence-electron chi connectivity index (χ4n) is 1.27. The molecule has 2 rings (SSSR count). The van der Waals surface area contributed by atoms with Crippen molar-refractivity contribution >= 4 is 0 Å². The molecule has 78 valence electrons. The van der Waals surface area contributed by atoms with Gasteiger partial charge in [-0.25, -0.2) is 9.37 Å². The Morgan fingerprint density at radius 1 is 1.47 bits per heavy atom. The number of hydrogen-bond acceptors (Lipinski definition) is 4. The zero-order valence-corrected chi connectivity index (χ0v) is 8.07. The minimum Gasteiger partial charge on any atom is -0.390 e.